The van der Waals surface area contributed by atoms with E-state index in [2.05, 4.69) is 55.1 Å². The molecule has 2 aromatic rings. The van der Waals surface area contributed by atoms with Gasteiger partial charge in [0.25, 0.3) is 0 Å². The number of ether oxygens (including phenoxy) is 2. The number of nitrogens with two attached hydrogens (primary N) is 2. The number of fused-ring (bicyclic) bond motifs is 1. The fraction of sp³-hybridized carbons (Fsp3) is 0.615. The number of carbonyl (C=O) groups is 8. The molecule has 21 heteroatoms. The fourth-order valence-electron chi connectivity index (χ4n) is 8.40. The zero-order chi connectivity index (χ0) is 53.4. The summed E-state index contributed by atoms with van der Waals surface area (Å²) in [6, 6.07) is 11.5. The van der Waals surface area contributed by atoms with E-state index in [1.54, 1.807) is 6.07 Å². The van der Waals surface area contributed by atoms with Crippen LogP contribution in [0.3, 0.4) is 0 Å². The molecule has 0 aliphatic heterocycles. The second kappa shape index (κ2) is 35.1. The van der Waals surface area contributed by atoms with Crippen LogP contribution in [0.2, 0.25) is 0 Å². The van der Waals surface area contributed by atoms with Gasteiger partial charge in [0.2, 0.25) is 47.3 Å². The molecule has 0 fully saturated rings. The first-order chi connectivity index (χ1) is 35.1. The number of unbranched alkanes of at least 4 members (excludes halogenated alkanes) is 2. The van der Waals surface area contributed by atoms with Crippen molar-refractivity contribution in [2.75, 3.05) is 71.0 Å². The van der Waals surface area contributed by atoms with Crippen molar-refractivity contribution >= 4 is 52.9 Å². The lowest BCUT2D eigenvalue weighted by atomic mass is 9.86. The van der Waals surface area contributed by atoms with Crippen molar-refractivity contribution in [1.82, 2.24) is 36.8 Å². The van der Waals surface area contributed by atoms with Crippen LogP contribution in [0.4, 0.5) is 5.69 Å². The van der Waals surface area contributed by atoms with Crippen LogP contribution in [-0.2, 0) is 67.1 Å². The molecule has 0 saturated carbocycles. The van der Waals surface area contributed by atoms with Gasteiger partial charge in [-0.2, -0.15) is 0 Å². The molecule has 12 N–H and O–H groups in total. The molecule has 0 radical (unpaired) electrons. The van der Waals surface area contributed by atoms with Crippen LogP contribution in [0.25, 0.3) is 0 Å². The maximum Gasteiger partial charge on any atom is 0.242 e. The Morgan fingerprint density at radius 2 is 1.33 bits per heavy atom. The predicted octanol–water partition coefficient (Wildman–Crippen LogP) is 1.36. The summed E-state index contributed by atoms with van der Waals surface area (Å²) in [7, 11) is 0. The number of rotatable bonds is 37. The number of aromatic hydroxyl groups is 1. The van der Waals surface area contributed by atoms with E-state index in [0.717, 1.165) is 50.8 Å². The molecule has 0 spiro atoms. The van der Waals surface area contributed by atoms with Crippen molar-refractivity contribution in [2.24, 2.45) is 11.5 Å². The molecule has 2 aromatic carbocycles. The van der Waals surface area contributed by atoms with Crippen molar-refractivity contribution in [2.45, 2.75) is 141 Å². The number of benzene rings is 2. The van der Waals surface area contributed by atoms with Gasteiger partial charge in [-0.05, 0) is 118 Å². The van der Waals surface area contributed by atoms with E-state index in [-0.39, 0.29) is 108 Å². The average Bonchev–Trinajstić information content (AvgIpc) is 3.35. The SMILES string of the molecule is CCCN(CCc1ccc(NC(=O)CCC(N)C(=O)NCCCCC(NC(=O)CCC(=O)NCCOCCOCCNC(=O)C(CCCCNC(C)=O)NC(C)=O)C(N)=O)cc1)C1CCc2c(O)cccc2C1. The average molecular weight is 1020 g/mol. The van der Waals surface area contributed by atoms with Gasteiger partial charge in [0.05, 0.1) is 32.5 Å². The molecule has 1 aliphatic rings. The Bertz CT molecular complexity index is 2060. The first-order valence-electron chi connectivity index (χ1n) is 25.8. The van der Waals surface area contributed by atoms with E-state index >= 15 is 0 Å². The molecular weight excluding hydrogens is 941 g/mol. The molecular formula is C52H82N10O11. The van der Waals surface area contributed by atoms with E-state index in [1.165, 1.54) is 25.0 Å². The molecule has 3 rings (SSSR count). The minimum Gasteiger partial charge on any atom is -0.508 e. The van der Waals surface area contributed by atoms with Crippen LogP contribution in [-0.4, -0.2) is 147 Å². The van der Waals surface area contributed by atoms with Crippen LogP contribution in [0.1, 0.15) is 115 Å². The number of anilines is 1. The molecule has 4 atom stereocenters. The Morgan fingerprint density at radius 1 is 0.685 bits per heavy atom. The zero-order valence-electron chi connectivity index (χ0n) is 43.2. The van der Waals surface area contributed by atoms with Crippen LogP contribution >= 0.6 is 0 Å². The molecule has 21 nitrogen and oxygen atoms in total. The van der Waals surface area contributed by atoms with Crippen molar-refractivity contribution in [3.8, 4) is 5.75 Å². The number of hydrogen-bond acceptors (Lipinski definition) is 13. The molecule has 406 valence electrons. The monoisotopic (exact) mass is 1020 g/mol. The van der Waals surface area contributed by atoms with Crippen LogP contribution < -0.4 is 48.7 Å². The van der Waals surface area contributed by atoms with Gasteiger partial charge in [-0.25, -0.2) is 0 Å². The highest BCUT2D eigenvalue weighted by atomic mass is 16.5. The van der Waals surface area contributed by atoms with E-state index in [9.17, 15) is 43.5 Å². The topological polar surface area (TPSA) is 315 Å². The third-order valence-corrected chi connectivity index (χ3v) is 12.4. The van der Waals surface area contributed by atoms with E-state index in [0.29, 0.717) is 56.1 Å². The van der Waals surface area contributed by atoms with Gasteiger partial charge in [0, 0.05) is 77.6 Å². The van der Waals surface area contributed by atoms with Gasteiger partial charge in [-0.1, -0.05) is 31.2 Å². The quantitative estimate of drug-likeness (QED) is 0.0429. The summed E-state index contributed by atoms with van der Waals surface area (Å²) in [6.07, 6.45) is 7.60. The number of amides is 8. The molecule has 1 aliphatic carbocycles. The molecule has 8 amide bonds. The van der Waals surface area contributed by atoms with Crippen LogP contribution in [0.5, 0.6) is 5.75 Å². The highest BCUT2D eigenvalue weighted by Crippen LogP contribution is 2.31. The second-order valence-electron chi connectivity index (χ2n) is 18.4. The number of phenolic OH excluding ortho intramolecular Hbond substituents is 1. The Hall–Kier alpha value is -6.16. The molecule has 4 unspecified atom stereocenters. The lowest BCUT2D eigenvalue weighted by Gasteiger charge is -2.35. The van der Waals surface area contributed by atoms with E-state index < -0.39 is 35.8 Å². The molecule has 0 aromatic heterocycles. The maximum atomic E-state index is 12.7. The normalized spacial score (nSPS) is 14.2. The second-order valence-corrected chi connectivity index (χ2v) is 18.4. The number of hydrogen-bond donors (Lipinski definition) is 10. The lowest BCUT2D eigenvalue weighted by Crippen LogP contribution is -2.46. The van der Waals surface area contributed by atoms with E-state index in [4.69, 9.17) is 20.9 Å². The Kier molecular flexibility index (Phi) is 29.4. The summed E-state index contributed by atoms with van der Waals surface area (Å²) in [4.78, 5) is 99.7. The Morgan fingerprint density at radius 3 is 1.99 bits per heavy atom. The standard InChI is InChI=1S/C52H82N10O11/c1-4-29-62(41-18-19-42-39(35-41)10-9-13-46(42)65)30-24-38-14-16-40(17-15-38)60-48(67)21-20-43(53)51(70)57-26-8-5-11-44(50(54)69)61-49(68)23-22-47(66)56-27-31-72-33-34-73-32-28-58-52(71)45(59-37(3)64)12-6-7-25-55-36(2)63/h9-10,13-17,41,43-45,65H,4-8,11-12,18-35,53H2,1-3H3,(H2,54,69)(H,55,63)(H,56,66)(H,57,70)(H,58,71)(H,59,64)(H,60,67)(H,61,68). The Labute approximate surface area is 430 Å². The van der Waals surface area contributed by atoms with Crippen molar-refractivity contribution in [3.05, 3.63) is 59.2 Å². The first kappa shape index (κ1) is 61.1. The molecule has 0 bridgehead atoms. The third-order valence-electron chi connectivity index (χ3n) is 12.4. The minimum absolute atomic E-state index is 0.0562. The predicted molar refractivity (Wildman–Crippen MR) is 277 cm³/mol. The summed E-state index contributed by atoms with van der Waals surface area (Å²) < 4.78 is 10.9. The number of nitrogens with zero attached hydrogens (tertiary/aromatic N) is 1. The van der Waals surface area contributed by atoms with Gasteiger partial charge in [-0.15, -0.1) is 0 Å². The summed E-state index contributed by atoms with van der Waals surface area (Å²) >= 11 is 0. The van der Waals surface area contributed by atoms with Gasteiger partial charge in [-0.3, -0.25) is 43.3 Å². The highest BCUT2D eigenvalue weighted by Gasteiger charge is 2.26. The van der Waals surface area contributed by atoms with Crippen molar-refractivity contribution in [1.29, 1.82) is 0 Å². The maximum absolute atomic E-state index is 12.7. The van der Waals surface area contributed by atoms with Crippen LogP contribution in [0, 0.1) is 0 Å². The van der Waals surface area contributed by atoms with E-state index in [1.807, 2.05) is 30.3 Å². The van der Waals surface area contributed by atoms with Gasteiger partial charge in [0.15, 0.2) is 0 Å². The van der Waals surface area contributed by atoms with Crippen molar-refractivity contribution < 1.29 is 52.9 Å². The highest BCUT2D eigenvalue weighted by molar-refractivity contribution is 5.91. The lowest BCUT2D eigenvalue weighted by molar-refractivity contribution is -0.129. The molecule has 0 saturated heterocycles. The van der Waals surface area contributed by atoms with Gasteiger partial charge in [0.1, 0.15) is 17.8 Å². The molecule has 0 heterocycles. The smallest absolute Gasteiger partial charge is 0.242 e. The zero-order valence-corrected chi connectivity index (χ0v) is 43.2. The van der Waals surface area contributed by atoms with Gasteiger partial charge < -0.3 is 63.3 Å². The summed E-state index contributed by atoms with van der Waals surface area (Å²) in [6.45, 7) is 9.00. The fourth-order valence-corrected chi connectivity index (χ4v) is 8.40. The number of nitrogens with one attached hydrogen (secondary N) is 7. The summed E-state index contributed by atoms with van der Waals surface area (Å²) in [5, 5.41) is 29.2. The Balaban J connectivity index is 1.19. The molecule has 73 heavy (non-hydrogen) atoms. The van der Waals surface area contributed by atoms with Crippen LogP contribution in [0.15, 0.2) is 42.5 Å². The number of primary amides is 1. The minimum atomic E-state index is -0.951. The first-order valence-corrected chi connectivity index (χ1v) is 25.8. The van der Waals surface area contributed by atoms with Gasteiger partial charge >= 0.3 is 0 Å². The van der Waals surface area contributed by atoms with Crippen molar-refractivity contribution in [3.63, 3.8) is 0 Å². The third kappa shape index (κ3) is 25.9. The largest absolute Gasteiger partial charge is 0.508 e. The number of carbonyl (C=O) groups excluding carboxylic acids is 8. The summed E-state index contributed by atoms with van der Waals surface area (Å²) in [5.41, 5.74) is 15.7. The number of phenols is 1. The summed E-state index contributed by atoms with van der Waals surface area (Å²) in [5.74, 6) is -2.63.